The van der Waals surface area contributed by atoms with E-state index in [9.17, 15) is 4.79 Å². The summed E-state index contributed by atoms with van der Waals surface area (Å²) in [5.41, 5.74) is 5.41. The van der Waals surface area contributed by atoms with Crippen LogP contribution in [-0.2, 0) is 4.79 Å². The first-order valence-corrected chi connectivity index (χ1v) is 5.15. The number of nitrogens with one attached hydrogen (secondary N) is 1. The fourth-order valence-corrected chi connectivity index (χ4v) is 2.14. The number of carbonyl (C=O) groups excluding carboxylic acids is 1. The molecule has 0 bridgehead atoms. The Morgan fingerprint density at radius 1 is 1.54 bits per heavy atom. The molecule has 2 atom stereocenters. The summed E-state index contributed by atoms with van der Waals surface area (Å²) in [5, 5.41) is 3.40. The lowest BCUT2D eigenvalue weighted by molar-refractivity contribution is -0.117. The van der Waals surface area contributed by atoms with Crippen LogP contribution >= 0.6 is 0 Å². The summed E-state index contributed by atoms with van der Waals surface area (Å²) in [7, 11) is 0. The van der Waals surface area contributed by atoms with Gasteiger partial charge in [-0.3, -0.25) is 0 Å². The predicted octanol–water partition coefficient (Wildman–Crippen LogP) is 0.683. The van der Waals surface area contributed by atoms with E-state index in [1.807, 2.05) is 0 Å². The summed E-state index contributed by atoms with van der Waals surface area (Å²) in [5.74, 6) is 0.942. The van der Waals surface area contributed by atoms with Gasteiger partial charge in [-0.15, -0.1) is 0 Å². The quantitative estimate of drug-likeness (QED) is 0.660. The van der Waals surface area contributed by atoms with E-state index in [1.54, 1.807) is 6.92 Å². The Hall–Kier alpha value is -0.410. The molecule has 0 aromatic rings. The maximum Gasteiger partial charge on any atom is 0.130 e. The van der Waals surface area contributed by atoms with Crippen LogP contribution in [0.4, 0.5) is 0 Å². The number of hydrogen-bond donors (Lipinski definition) is 2. The van der Waals surface area contributed by atoms with Gasteiger partial charge in [0.1, 0.15) is 5.78 Å². The molecule has 1 aliphatic carbocycles. The van der Waals surface area contributed by atoms with Crippen molar-refractivity contribution >= 4 is 5.78 Å². The van der Waals surface area contributed by atoms with Gasteiger partial charge in [-0.1, -0.05) is 0 Å². The SMILES string of the molecule is CC(=O)CC1CCC(NCCN)C1. The van der Waals surface area contributed by atoms with Gasteiger partial charge in [0.25, 0.3) is 0 Å². The first kappa shape index (κ1) is 10.7. The second-order valence-corrected chi connectivity index (χ2v) is 4.02. The van der Waals surface area contributed by atoms with Crippen LogP contribution in [0.15, 0.2) is 0 Å². The lowest BCUT2D eigenvalue weighted by Crippen LogP contribution is -2.31. The summed E-state index contributed by atoms with van der Waals surface area (Å²) in [6, 6.07) is 0.605. The van der Waals surface area contributed by atoms with E-state index in [4.69, 9.17) is 5.73 Å². The van der Waals surface area contributed by atoms with Gasteiger partial charge in [0.2, 0.25) is 0 Å². The van der Waals surface area contributed by atoms with Crippen molar-refractivity contribution in [3.63, 3.8) is 0 Å². The third kappa shape index (κ3) is 3.87. The van der Waals surface area contributed by atoms with E-state index >= 15 is 0 Å². The van der Waals surface area contributed by atoms with Gasteiger partial charge in [-0.05, 0) is 32.1 Å². The van der Waals surface area contributed by atoms with Crippen LogP contribution in [-0.4, -0.2) is 24.9 Å². The van der Waals surface area contributed by atoms with E-state index in [2.05, 4.69) is 5.32 Å². The zero-order valence-corrected chi connectivity index (χ0v) is 8.38. The Labute approximate surface area is 80.1 Å². The van der Waals surface area contributed by atoms with E-state index < -0.39 is 0 Å². The van der Waals surface area contributed by atoms with Gasteiger partial charge in [0.15, 0.2) is 0 Å². The minimum Gasteiger partial charge on any atom is -0.329 e. The molecule has 1 saturated carbocycles. The van der Waals surface area contributed by atoms with Crippen LogP contribution in [0.2, 0.25) is 0 Å². The van der Waals surface area contributed by atoms with Crippen molar-refractivity contribution < 1.29 is 4.79 Å². The molecule has 0 saturated heterocycles. The van der Waals surface area contributed by atoms with Crippen molar-refractivity contribution in [1.29, 1.82) is 0 Å². The lowest BCUT2D eigenvalue weighted by atomic mass is 10.0. The van der Waals surface area contributed by atoms with E-state index in [0.29, 0.717) is 24.3 Å². The Kier molecular flexibility index (Phi) is 4.39. The molecule has 0 radical (unpaired) electrons. The van der Waals surface area contributed by atoms with Gasteiger partial charge in [-0.2, -0.15) is 0 Å². The van der Waals surface area contributed by atoms with Crippen molar-refractivity contribution in [2.45, 2.75) is 38.6 Å². The van der Waals surface area contributed by atoms with Crippen LogP contribution in [0.3, 0.4) is 0 Å². The van der Waals surface area contributed by atoms with E-state index in [0.717, 1.165) is 19.4 Å². The highest BCUT2D eigenvalue weighted by Crippen LogP contribution is 2.28. The third-order valence-electron chi connectivity index (χ3n) is 2.69. The molecule has 0 amide bonds. The van der Waals surface area contributed by atoms with Crippen LogP contribution in [0.5, 0.6) is 0 Å². The summed E-state index contributed by atoms with van der Waals surface area (Å²) >= 11 is 0. The van der Waals surface area contributed by atoms with Crippen molar-refractivity contribution in [1.82, 2.24) is 5.32 Å². The van der Waals surface area contributed by atoms with Crippen molar-refractivity contribution in [2.75, 3.05) is 13.1 Å². The minimum absolute atomic E-state index is 0.324. The van der Waals surface area contributed by atoms with Gasteiger partial charge in [0.05, 0.1) is 0 Å². The molecule has 0 aliphatic heterocycles. The number of hydrogen-bond acceptors (Lipinski definition) is 3. The number of Topliss-reactive ketones (excluding diaryl/α,β-unsaturated/α-hetero) is 1. The normalized spacial score (nSPS) is 27.8. The standard InChI is InChI=1S/C10H20N2O/c1-8(13)6-9-2-3-10(7-9)12-5-4-11/h9-10,12H,2-7,11H2,1H3. The molecular weight excluding hydrogens is 164 g/mol. The molecule has 3 N–H and O–H groups in total. The molecule has 13 heavy (non-hydrogen) atoms. The van der Waals surface area contributed by atoms with Crippen LogP contribution in [0.1, 0.15) is 32.6 Å². The Morgan fingerprint density at radius 2 is 2.31 bits per heavy atom. The molecule has 0 heterocycles. The number of nitrogens with two attached hydrogens (primary N) is 1. The fourth-order valence-electron chi connectivity index (χ4n) is 2.14. The second-order valence-electron chi connectivity index (χ2n) is 4.02. The number of carbonyl (C=O) groups is 1. The monoisotopic (exact) mass is 184 g/mol. The van der Waals surface area contributed by atoms with E-state index in [-0.39, 0.29) is 0 Å². The Bertz CT molecular complexity index is 170. The van der Waals surface area contributed by atoms with Crippen molar-refractivity contribution in [3.8, 4) is 0 Å². The highest BCUT2D eigenvalue weighted by molar-refractivity contribution is 5.75. The Morgan fingerprint density at radius 3 is 2.92 bits per heavy atom. The largest absolute Gasteiger partial charge is 0.329 e. The summed E-state index contributed by atoms with van der Waals surface area (Å²) < 4.78 is 0. The molecular formula is C10H20N2O. The summed E-state index contributed by atoms with van der Waals surface area (Å²) in [6.07, 6.45) is 4.32. The van der Waals surface area contributed by atoms with Crippen molar-refractivity contribution in [3.05, 3.63) is 0 Å². The molecule has 1 rings (SSSR count). The van der Waals surface area contributed by atoms with Crippen LogP contribution < -0.4 is 11.1 Å². The highest BCUT2D eigenvalue weighted by atomic mass is 16.1. The topological polar surface area (TPSA) is 55.1 Å². The van der Waals surface area contributed by atoms with Gasteiger partial charge in [0, 0.05) is 25.6 Å². The zero-order valence-electron chi connectivity index (χ0n) is 8.38. The molecule has 2 unspecified atom stereocenters. The molecule has 1 aliphatic rings. The second kappa shape index (κ2) is 5.35. The summed E-state index contributed by atoms with van der Waals surface area (Å²) in [4.78, 5) is 10.9. The minimum atomic E-state index is 0.324. The Balaban J connectivity index is 2.16. The van der Waals surface area contributed by atoms with E-state index in [1.165, 1.54) is 12.8 Å². The van der Waals surface area contributed by atoms with Gasteiger partial charge >= 0.3 is 0 Å². The van der Waals surface area contributed by atoms with Gasteiger partial charge in [-0.25, -0.2) is 0 Å². The number of ketones is 1. The molecule has 76 valence electrons. The maximum atomic E-state index is 10.9. The maximum absolute atomic E-state index is 10.9. The average Bonchev–Trinajstić information content (AvgIpc) is 2.48. The fraction of sp³-hybridized carbons (Fsp3) is 0.900. The average molecular weight is 184 g/mol. The van der Waals surface area contributed by atoms with Gasteiger partial charge < -0.3 is 15.8 Å². The zero-order chi connectivity index (χ0) is 9.68. The van der Waals surface area contributed by atoms with Crippen molar-refractivity contribution in [2.24, 2.45) is 11.7 Å². The predicted molar refractivity (Wildman–Crippen MR) is 53.5 cm³/mol. The van der Waals surface area contributed by atoms with Crippen LogP contribution in [0.25, 0.3) is 0 Å². The first-order valence-electron chi connectivity index (χ1n) is 5.15. The highest BCUT2D eigenvalue weighted by Gasteiger charge is 2.24. The smallest absolute Gasteiger partial charge is 0.130 e. The first-order chi connectivity index (χ1) is 6.22. The molecule has 1 fully saturated rings. The molecule has 0 spiro atoms. The molecule has 3 nitrogen and oxygen atoms in total. The molecule has 0 aromatic heterocycles. The molecule has 0 aromatic carbocycles. The third-order valence-corrected chi connectivity index (χ3v) is 2.69. The summed E-state index contributed by atoms with van der Waals surface area (Å²) in [6.45, 7) is 3.28. The lowest BCUT2D eigenvalue weighted by Gasteiger charge is -2.11. The molecule has 3 heteroatoms. The number of rotatable bonds is 5. The van der Waals surface area contributed by atoms with Crippen LogP contribution in [0, 0.1) is 5.92 Å².